The molecule has 1 fully saturated rings. The molecule has 1 aliphatic heterocycles. The predicted octanol–water partition coefficient (Wildman–Crippen LogP) is 2.07. The van der Waals surface area contributed by atoms with E-state index in [0.29, 0.717) is 5.56 Å². The number of aromatic nitrogens is 1. The first kappa shape index (κ1) is 12.6. The van der Waals surface area contributed by atoms with E-state index in [4.69, 9.17) is 5.26 Å². The summed E-state index contributed by atoms with van der Waals surface area (Å²) < 4.78 is 0. The molecule has 0 aromatic carbocycles. The van der Waals surface area contributed by atoms with Gasteiger partial charge in [-0.3, -0.25) is 4.79 Å². The normalized spacial score (nSPS) is 16.4. The van der Waals surface area contributed by atoms with Crippen molar-refractivity contribution in [2.45, 2.75) is 26.7 Å². The molecule has 0 radical (unpaired) electrons. The lowest BCUT2D eigenvalue weighted by molar-refractivity contribution is -0.121. The van der Waals surface area contributed by atoms with Crippen LogP contribution in [0.2, 0.25) is 0 Å². The Bertz CT molecular complexity index is 496. The first-order chi connectivity index (χ1) is 8.61. The van der Waals surface area contributed by atoms with E-state index in [1.807, 2.05) is 19.1 Å². The van der Waals surface area contributed by atoms with Crippen molar-refractivity contribution in [3.05, 3.63) is 23.4 Å². The number of rotatable bonds is 2. The summed E-state index contributed by atoms with van der Waals surface area (Å²) >= 11 is 0. The summed E-state index contributed by atoms with van der Waals surface area (Å²) in [5.41, 5.74) is 1.53. The van der Waals surface area contributed by atoms with Gasteiger partial charge in [-0.05, 0) is 38.8 Å². The van der Waals surface area contributed by atoms with E-state index in [0.717, 1.165) is 37.4 Å². The van der Waals surface area contributed by atoms with Crippen LogP contribution in [0, 0.1) is 24.2 Å². The van der Waals surface area contributed by atoms with Crippen LogP contribution in [0.1, 0.15) is 31.0 Å². The maximum Gasteiger partial charge on any atom is 0.146 e. The topological polar surface area (TPSA) is 57.0 Å². The van der Waals surface area contributed by atoms with E-state index in [9.17, 15) is 4.79 Å². The molecular weight excluding hydrogens is 226 g/mol. The van der Waals surface area contributed by atoms with Crippen LogP contribution >= 0.6 is 0 Å². The molecule has 1 saturated heterocycles. The number of hydrogen-bond donors (Lipinski definition) is 0. The van der Waals surface area contributed by atoms with Crippen molar-refractivity contribution in [2.75, 3.05) is 18.0 Å². The lowest BCUT2D eigenvalue weighted by Crippen LogP contribution is -2.36. The average Bonchev–Trinajstić information content (AvgIpc) is 2.39. The largest absolute Gasteiger partial charge is 0.355 e. The van der Waals surface area contributed by atoms with Gasteiger partial charge in [0.1, 0.15) is 17.7 Å². The molecule has 4 nitrogen and oxygen atoms in total. The van der Waals surface area contributed by atoms with E-state index in [2.05, 4.69) is 16.0 Å². The van der Waals surface area contributed by atoms with Crippen molar-refractivity contribution in [3.63, 3.8) is 0 Å². The van der Waals surface area contributed by atoms with E-state index in [-0.39, 0.29) is 11.7 Å². The number of nitriles is 1. The second-order valence-corrected chi connectivity index (χ2v) is 4.81. The first-order valence-corrected chi connectivity index (χ1v) is 6.25. The van der Waals surface area contributed by atoms with Gasteiger partial charge < -0.3 is 4.90 Å². The molecule has 0 bridgehead atoms. The summed E-state index contributed by atoms with van der Waals surface area (Å²) in [6.45, 7) is 5.18. The highest BCUT2D eigenvalue weighted by molar-refractivity contribution is 5.78. The highest BCUT2D eigenvalue weighted by atomic mass is 16.1. The lowest BCUT2D eigenvalue weighted by Gasteiger charge is -2.32. The summed E-state index contributed by atoms with van der Waals surface area (Å²) in [4.78, 5) is 17.9. The van der Waals surface area contributed by atoms with Gasteiger partial charge in [-0.15, -0.1) is 0 Å². The molecule has 2 rings (SSSR count). The summed E-state index contributed by atoms with van der Waals surface area (Å²) in [5.74, 6) is 1.21. The molecule has 2 heterocycles. The van der Waals surface area contributed by atoms with Crippen molar-refractivity contribution in [1.29, 1.82) is 5.26 Å². The summed E-state index contributed by atoms with van der Waals surface area (Å²) in [5, 5.41) is 9.11. The molecule has 94 valence electrons. The monoisotopic (exact) mass is 243 g/mol. The quantitative estimate of drug-likeness (QED) is 0.797. The van der Waals surface area contributed by atoms with Crippen LogP contribution in [-0.4, -0.2) is 23.9 Å². The van der Waals surface area contributed by atoms with Crippen molar-refractivity contribution in [3.8, 4) is 6.07 Å². The number of nitrogens with zero attached hydrogens (tertiary/aromatic N) is 3. The van der Waals surface area contributed by atoms with Crippen molar-refractivity contribution < 1.29 is 4.79 Å². The third-order valence-electron chi connectivity index (χ3n) is 3.50. The van der Waals surface area contributed by atoms with Crippen LogP contribution in [0.3, 0.4) is 0 Å². The number of piperidine rings is 1. The Morgan fingerprint density at radius 1 is 1.44 bits per heavy atom. The number of ketones is 1. The van der Waals surface area contributed by atoms with Crippen LogP contribution in [-0.2, 0) is 4.79 Å². The minimum absolute atomic E-state index is 0.177. The smallest absolute Gasteiger partial charge is 0.146 e. The number of aryl methyl sites for hydroxylation is 1. The van der Waals surface area contributed by atoms with E-state index in [1.54, 1.807) is 6.92 Å². The molecule has 1 aromatic rings. The number of Topliss-reactive ketones (excluding diaryl/α,β-unsaturated/α-hetero) is 1. The Balaban J connectivity index is 2.17. The molecule has 4 heteroatoms. The van der Waals surface area contributed by atoms with Crippen LogP contribution in [0.5, 0.6) is 0 Å². The number of anilines is 1. The summed E-state index contributed by atoms with van der Waals surface area (Å²) in [7, 11) is 0. The zero-order chi connectivity index (χ0) is 13.1. The molecule has 18 heavy (non-hydrogen) atoms. The Labute approximate surface area is 107 Å². The van der Waals surface area contributed by atoms with Gasteiger partial charge in [-0.1, -0.05) is 0 Å². The van der Waals surface area contributed by atoms with Crippen molar-refractivity contribution in [2.24, 2.45) is 5.92 Å². The molecule has 0 spiro atoms. The summed E-state index contributed by atoms with van der Waals surface area (Å²) in [6, 6.07) is 5.85. The van der Waals surface area contributed by atoms with Gasteiger partial charge in [0.15, 0.2) is 0 Å². The molecule has 1 aromatic heterocycles. The van der Waals surface area contributed by atoms with Gasteiger partial charge in [0.05, 0.1) is 5.56 Å². The fourth-order valence-electron chi connectivity index (χ4n) is 2.37. The average molecular weight is 243 g/mol. The fourth-order valence-corrected chi connectivity index (χ4v) is 2.37. The lowest BCUT2D eigenvalue weighted by atomic mass is 9.93. The van der Waals surface area contributed by atoms with Gasteiger partial charge in [0.25, 0.3) is 0 Å². The highest BCUT2D eigenvalue weighted by Gasteiger charge is 2.24. The molecular formula is C14H17N3O. The fraction of sp³-hybridized carbons (Fsp3) is 0.500. The number of carbonyl (C=O) groups excluding carboxylic acids is 1. The van der Waals surface area contributed by atoms with Crippen molar-refractivity contribution in [1.82, 2.24) is 4.98 Å². The standard InChI is InChI=1S/C14H17N3O/c1-10-3-4-13(9-15)14(16-10)17-7-5-12(6-8-17)11(2)18/h3-4,12H,5-8H2,1-2H3. The zero-order valence-corrected chi connectivity index (χ0v) is 10.8. The minimum atomic E-state index is 0.177. The van der Waals surface area contributed by atoms with E-state index >= 15 is 0 Å². The summed E-state index contributed by atoms with van der Waals surface area (Å²) in [6.07, 6.45) is 1.71. The Morgan fingerprint density at radius 3 is 2.67 bits per heavy atom. The van der Waals surface area contributed by atoms with E-state index in [1.165, 1.54) is 0 Å². The Kier molecular flexibility index (Phi) is 3.61. The molecule has 0 aliphatic carbocycles. The molecule has 0 amide bonds. The molecule has 0 saturated carbocycles. The molecule has 0 atom stereocenters. The van der Waals surface area contributed by atoms with Crippen LogP contribution < -0.4 is 4.90 Å². The Morgan fingerprint density at radius 2 is 2.11 bits per heavy atom. The number of carbonyl (C=O) groups is 1. The SMILES string of the molecule is CC(=O)C1CCN(c2nc(C)ccc2C#N)CC1. The van der Waals surface area contributed by atoms with Gasteiger partial charge in [-0.25, -0.2) is 4.98 Å². The third kappa shape index (κ3) is 2.51. The molecule has 0 unspecified atom stereocenters. The van der Waals surface area contributed by atoms with Gasteiger partial charge in [-0.2, -0.15) is 5.26 Å². The number of pyridine rings is 1. The predicted molar refractivity (Wildman–Crippen MR) is 69.3 cm³/mol. The van der Waals surface area contributed by atoms with Gasteiger partial charge >= 0.3 is 0 Å². The van der Waals surface area contributed by atoms with Crippen LogP contribution in [0.25, 0.3) is 0 Å². The van der Waals surface area contributed by atoms with Gasteiger partial charge in [0, 0.05) is 24.7 Å². The maximum absolute atomic E-state index is 11.3. The van der Waals surface area contributed by atoms with Crippen LogP contribution in [0.4, 0.5) is 5.82 Å². The first-order valence-electron chi connectivity index (χ1n) is 6.25. The van der Waals surface area contributed by atoms with E-state index < -0.39 is 0 Å². The number of hydrogen-bond acceptors (Lipinski definition) is 4. The maximum atomic E-state index is 11.3. The second kappa shape index (κ2) is 5.18. The second-order valence-electron chi connectivity index (χ2n) is 4.81. The van der Waals surface area contributed by atoms with Crippen molar-refractivity contribution >= 4 is 11.6 Å². The molecule has 1 aliphatic rings. The Hall–Kier alpha value is -1.89. The molecule has 0 N–H and O–H groups in total. The minimum Gasteiger partial charge on any atom is -0.355 e. The highest BCUT2D eigenvalue weighted by Crippen LogP contribution is 2.25. The van der Waals surface area contributed by atoms with Gasteiger partial charge in [0.2, 0.25) is 0 Å². The zero-order valence-electron chi connectivity index (χ0n) is 10.8. The third-order valence-corrected chi connectivity index (χ3v) is 3.50. The van der Waals surface area contributed by atoms with Crippen LogP contribution in [0.15, 0.2) is 12.1 Å².